The van der Waals surface area contributed by atoms with Gasteiger partial charge in [0.25, 0.3) is 0 Å². The molecule has 0 saturated heterocycles. The van der Waals surface area contributed by atoms with Crippen LogP contribution in [-0.2, 0) is 16.1 Å². The van der Waals surface area contributed by atoms with Crippen LogP contribution in [0, 0.1) is 5.92 Å². The van der Waals surface area contributed by atoms with Crippen LogP contribution in [0.4, 0.5) is 0 Å². The average Bonchev–Trinajstić information content (AvgIpc) is 2.94. The summed E-state index contributed by atoms with van der Waals surface area (Å²) in [6.07, 6.45) is 4.68. The van der Waals surface area contributed by atoms with Gasteiger partial charge in [0.2, 0.25) is 5.91 Å². The van der Waals surface area contributed by atoms with Gasteiger partial charge in [-0.1, -0.05) is 30.3 Å². The summed E-state index contributed by atoms with van der Waals surface area (Å²) >= 11 is 0. The molecular formula is C17H26N2O2. The lowest BCUT2D eigenvalue weighted by molar-refractivity contribution is -0.124. The Morgan fingerprint density at radius 2 is 2.05 bits per heavy atom. The maximum atomic E-state index is 11.9. The number of nitrogens with one attached hydrogen (secondary N) is 1. The van der Waals surface area contributed by atoms with Crippen LogP contribution in [0.1, 0.15) is 37.7 Å². The lowest BCUT2D eigenvalue weighted by Gasteiger charge is -2.10. The zero-order valence-electron chi connectivity index (χ0n) is 12.6. The van der Waals surface area contributed by atoms with Crippen LogP contribution in [0.5, 0.6) is 0 Å². The Balaban J connectivity index is 1.46. The molecule has 1 saturated carbocycles. The van der Waals surface area contributed by atoms with Gasteiger partial charge in [-0.15, -0.1) is 0 Å². The van der Waals surface area contributed by atoms with E-state index in [1.165, 1.54) is 5.56 Å². The molecule has 4 heteroatoms. The van der Waals surface area contributed by atoms with Crippen LogP contribution >= 0.6 is 0 Å². The van der Waals surface area contributed by atoms with Crippen molar-refractivity contribution >= 4 is 5.91 Å². The summed E-state index contributed by atoms with van der Waals surface area (Å²) in [6, 6.07) is 10.4. The van der Waals surface area contributed by atoms with Crippen LogP contribution in [-0.4, -0.2) is 25.1 Å². The van der Waals surface area contributed by atoms with Crippen LogP contribution in [0.3, 0.4) is 0 Å². The Morgan fingerprint density at radius 1 is 1.24 bits per heavy atom. The monoisotopic (exact) mass is 290 g/mol. The maximum absolute atomic E-state index is 11.9. The highest BCUT2D eigenvalue weighted by atomic mass is 16.5. The largest absolute Gasteiger partial charge is 0.377 e. The van der Waals surface area contributed by atoms with Gasteiger partial charge in [0.15, 0.2) is 0 Å². The number of ether oxygens (including phenoxy) is 1. The van der Waals surface area contributed by atoms with Gasteiger partial charge in [0, 0.05) is 25.1 Å². The Kier molecular flexibility index (Phi) is 6.70. The summed E-state index contributed by atoms with van der Waals surface area (Å²) in [5, 5.41) is 3.00. The predicted octanol–water partition coefficient (Wildman–Crippen LogP) is 2.23. The molecule has 0 heterocycles. The molecule has 1 aliphatic rings. The molecule has 1 aromatic rings. The second-order valence-electron chi connectivity index (χ2n) is 5.81. The van der Waals surface area contributed by atoms with E-state index in [2.05, 4.69) is 17.4 Å². The lowest BCUT2D eigenvalue weighted by Crippen LogP contribution is -2.31. The van der Waals surface area contributed by atoms with E-state index >= 15 is 0 Å². The molecule has 0 aliphatic heterocycles. The number of nitrogens with two attached hydrogens (primary N) is 1. The fraction of sp³-hybridized carbons (Fsp3) is 0.588. The van der Waals surface area contributed by atoms with E-state index in [1.54, 1.807) is 0 Å². The van der Waals surface area contributed by atoms with Crippen molar-refractivity contribution in [2.75, 3.05) is 13.2 Å². The van der Waals surface area contributed by atoms with E-state index in [1.807, 2.05) is 18.2 Å². The normalized spacial score (nSPS) is 21.4. The smallest absolute Gasteiger partial charge is 0.223 e. The second-order valence-corrected chi connectivity index (χ2v) is 5.81. The first-order valence-electron chi connectivity index (χ1n) is 7.90. The van der Waals surface area contributed by atoms with Crippen LogP contribution < -0.4 is 11.1 Å². The quantitative estimate of drug-likeness (QED) is 0.722. The number of carbonyl (C=O) groups excluding carboxylic acids is 1. The number of amides is 1. The van der Waals surface area contributed by atoms with E-state index in [0.29, 0.717) is 6.61 Å². The molecule has 21 heavy (non-hydrogen) atoms. The van der Waals surface area contributed by atoms with E-state index in [0.717, 1.165) is 45.3 Å². The van der Waals surface area contributed by atoms with Crippen LogP contribution in [0.25, 0.3) is 0 Å². The number of benzene rings is 1. The van der Waals surface area contributed by atoms with Gasteiger partial charge in [-0.05, 0) is 37.7 Å². The molecule has 4 nitrogen and oxygen atoms in total. The molecule has 116 valence electrons. The second kappa shape index (κ2) is 8.80. The number of rotatable bonds is 8. The van der Waals surface area contributed by atoms with E-state index < -0.39 is 0 Å². The van der Waals surface area contributed by atoms with Gasteiger partial charge in [0.1, 0.15) is 0 Å². The number of hydrogen-bond acceptors (Lipinski definition) is 3. The van der Waals surface area contributed by atoms with Gasteiger partial charge in [-0.2, -0.15) is 0 Å². The third-order valence-electron chi connectivity index (χ3n) is 3.97. The molecule has 2 rings (SSSR count). The summed E-state index contributed by atoms with van der Waals surface area (Å²) in [7, 11) is 0. The Bertz CT molecular complexity index is 422. The first kappa shape index (κ1) is 16.0. The molecule has 1 amide bonds. The third kappa shape index (κ3) is 5.86. The van der Waals surface area contributed by atoms with E-state index in [9.17, 15) is 4.79 Å². The zero-order chi connectivity index (χ0) is 14.9. The Labute approximate surface area is 127 Å². The zero-order valence-corrected chi connectivity index (χ0v) is 12.6. The molecule has 0 radical (unpaired) electrons. The van der Waals surface area contributed by atoms with Crippen molar-refractivity contribution in [3.05, 3.63) is 35.9 Å². The highest BCUT2D eigenvalue weighted by Crippen LogP contribution is 2.23. The number of unbranched alkanes of at least 4 members (excludes halogenated alkanes) is 1. The van der Waals surface area contributed by atoms with E-state index in [-0.39, 0.29) is 17.9 Å². The van der Waals surface area contributed by atoms with Crippen molar-refractivity contribution in [1.29, 1.82) is 0 Å². The lowest BCUT2D eigenvalue weighted by atomic mass is 10.1. The Hall–Kier alpha value is -1.39. The van der Waals surface area contributed by atoms with Gasteiger partial charge in [-0.3, -0.25) is 4.79 Å². The summed E-state index contributed by atoms with van der Waals surface area (Å²) in [5.74, 6) is 0.308. The van der Waals surface area contributed by atoms with E-state index in [4.69, 9.17) is 10.5 Å². The molecular weight excluding hydrogens is 264 g/mol. The van der Waals surface area contributed by atoms with Gasteiger partial charge >= 0.3 is 0 Å². The Morgan fingerprint density at radius 3 is 2.76 bits per heavy atom. The van der Waals surface area contributed by atoms with Gasteiger partial charge in [-0.25, -0.2) is 0 Å². The molecule has 1 aromatic carbocycles. The van der Waals surface area contributed by atoms with Gasteiger partial charge < -0.3 is 15.8 Å². The minimum absolute atomic E-state index is 0.134. The van der Waals surface area contributed by atoms with Crippen molar-refractivity contribution in [3.63, 3.8) is 0 Å². The first-order chi connectivity index (χ1) is 10.3. The molecule has 1 aliphatic carbocycles. The molecule has 2 unspecified atom stereocenters. The highest BCUT2D eigenvalue weighted by molar-refractivity contribution is 5.78. The molecule has 0 spiro atoms. The number of carbonyl (C=O) groups is 1. The topological polar surface area (TPSA) is 64.4 Å². The van der Waals surface area contributed by atoms with Crippen molar-refractivity contribution in [1.82, 2.24) is 5.32 Å². The molecule has 3 N–H and O–H groups in total. The SMILES string of the molecule is NC1CCC(C(=O)NCCCCOCc2ccccc2)C1. The number of hydrogen-bond donors (Lipinski definition) is 2. The summed E-state index contributed by atoms with van der Waals surface area (Å²) in [4.78, 5) is 11.9. The van der Waals surface area contributed by atoms with Crippen LogP contribution in [0.15, 0.2) is 30.3 Å². The molecule has 0 aromatic heterocycles. The molecule has 1 fully saturated rings. The van der Waals surface area contributed by atoms with Crippen molar-refractivity contribution in [2.24, 2.45) is 11.7 Å². The highest BCUT2D eigenvalue weighted by Gasteiger charge is 2.27. The van der Waals surface area contributed by atoms with Crippen molar-refractivity contribution in [2.45, 2.75) is 44.8 Å². The molecule has 0 bridgehead atoms. The average molecular weight is 290 g/mol. The van der Waals surface area contributed by atoms with Gasteiger partial charge in [0.05, 0.1) is 6.61 Å². The third-order valence-corrected chi connectivity index (χ3v) is 3.97. The minimum Gasteiger partial charge on any atom is -0.377 e. The van der Waals surface area contributed by atoms with Crippen molar-refractivity contribution < 1.29 is 9.53 Å². The standard InChI is InChI=1S/C17H26N2O2/c18-16-9-8-15(12-16)17(20)19-10-4-5-11-21-13-14-6-2-1-3-7-14/h1-3,6-7,15-16H,4-5,8-13,18H2,(H,19,20). The maximum Gasteiger partial charge on any atom is 0.223 e. The summed E-state index contributed by atoms with van der Waals surface area (Å²) in [6.45, 7) is 2.13. The first-order valence-corrected chi connectivity index (χ1v) is 7.90. The molecule has 2 atom stereocenters. The summed E-state index contributed by atoms with van der Waals surface area (Å²) in [5.41, 5.74) is 7.02. The van der Waals surface area contributed by atoms with Crippen LogP contribution in [0.2, 0.25) is 0 Å². The summed E-state index contributed by atoms with van der Waals surface area (Å²) < 4.78 is 5.61. The fourth-order valence-electron chi connectivity index (χ4n) is 2.70. The van der Waals surface area contributed by atoms with Crippen molar-refractivity contribution in [3.8, 4) is 0 Å². The fourth-order valence-corrected chi connectivity index (χ4v) is 2.70. The minimum atomic E-state index is 0.134. The predicted molar refractivity (Wildman–Crippen MR) is 83.7 cm³/mol.